The van der Waals surface area contributed by atoms with Gasteiger partial charge in [-0.25, -0.2) is 9.18 Å². The first-order valence-corrected chi connectivity index (χ1v) is 8.00. The van der Waals surface area contributed by atoms with Gasteiger partial charge in [-0.1, -0.05) is 13.3 Å². The van der Waals surface area contributed by atoms with Gasteiger partial charge in [-0.2, -0.15) is 0 Å². The maximum Gasteiger partial charge on any atom is 0.409 e. The molecule has 0 bridgehead atoms. The van der Waals surface area contributed by atoms with E-state index >= 15 is 0 Å². The largest absolute Gasteiger partial charge is 0.449 e. The van der Waals surface area contributed by atoms with Gasteiger partial charge in [0, 0.05) is 31.7 Å². The fourth-order valence-electron chi connectivity index (χ4n) is 2.51. The van der Waals surface area contributed by atoms with Crippen LogP contribution >= 0.6 is 0 Å². The Hall–Kier alpha value is -2.11. The second kappa shape index (κ2) is 7.94. The summed E-state index contributed by atoms with van der Waals surface area (Å²) >= 11 is 0. The molecule has 1 aromatic carbocycles. The van der Waals surface area contributed by atoms with Crippen molar-refractivity contribution in [2.24, 2.45) is 0 Å². The molecule has 0 spiro atoms. The molecule has 1 aromatic rings. The number of ether oxygens (including phenoxy) is 1. The minimum absolute atomic E-state index is 0.157. The summed E-state index contributed by atoms with van der Waals surface area (Å²) < 4.78 is 19.3. The lowest BCUT2D eigenvalue weighted by atomic mass is 10.1. The molecule has 1 saturated heterocycles. The van der Waals surface area contributed by atoms with E-state index in [0.717, 1.165) is 12.8 Å². The molecule has 0 N–H and O–H groups in total. The lowest BCUT2D eigenvalue weighted by molar-refractivity contribution is 0.0986. The van der Waals surface area contributed by atoms with Crippen molar-refractivity contribution < 1.29 is 18.7 Å². The maximum absolute atomic E-state index is 14.2. The third kappa shape index (κ3) is 4.43. The highest BCUT2D eigenvalue weighted by Gasteiger charge is 2.23. The Balaban J connectivity index is 1.91. The van der Waals surface area contributed by atoms with Crippen molar-refractivity contribution in [3.63, 3.8) is 0 Å². The lowest BCUT2D eigenvalue weighted by Gasteiger charge is -2.35. The van der Waals surface area contributed by atoms with E-state index in [0.29, 0.717) is 44.0 Å². The van der Waals surface area contributed by atoms with Gasteiger partial charge in [-0.3, -0.25) is 4.79 Å². The number of rotatable bonds is 5. The van der Waals surface area contributed by atoms with E-state index in [4.69, 9.17) is 4.74 Å². The second-order valence-electron chi connectivity index (χ2n) is 5.66. The van der Waals surface area contributed by atoms with Gasteiger partial charge in [0.2, 0.25) is 0 Å². The second-order valence-corrected chi connectivity index (χ2v) is 5.66. The number of carbonyl (C=O) groups is 2. The van der Waals surface area contributed by atoms with E-state index in [-0.39, 0.29) is 11.9 Å². The third-order valence-electron chi connectivity index (χ3n) is 3.96. The topological polar surface area (TPSA) is 49.9 Å². The van der Waals surface area contributed by atoms with E-state index in [1.807, 2.05) is 11.8 Å². The van der Waals surface area contributed by atoms with Gasteiger partial charge in [0.25, 0.3) is 0 Å². The summed E-state index contributed by atoms with van der Waals surface area (Å²) in [7, 11) is 0. The number of unbranched alkanes of at least 4 members (excludes halogenated alkanes) is 1. The van der Waals surface area contributed by atoms with Crippen molar-refractivity contribution in [1.82, 2.24) is 4.90 Å². The smallest absolute Gasteiger partial charge is 0.409 e. The molecule has 1 amide bonds. The number of amides is 1. The van der Waals surface area contributed by atoms with Crippen LogP contribution in [0.5, 0.6) is 0 Å². The zero-order chi connectivity index (χ0) is 16.8. The Bertz CT molecular complexity index is 569. The summed E-state index contributed by atoms with van der Waals surface area (Å²) in [5, 5.41) is 0. The molecule has 6 heteroatoms. The Labute approximate surface area is 136 Å². The Morgan fingerprint density at radius 3 is 2.48 bits per heavy atom. The minimum Gasteiger partial charge on any atom is -0.449 e. The highest BCUT2D eigenvalue weighted by molar-refractivity contribution is 5.94. The number of Topliss-reactive ketones (excluding diaryl/α,β-unsaturated/α-hetero) is 1. The predicted octanol–water partition coefficient (Wildman–Crippen LogP) is 3.09. The molecule has 1 fully saturated rings. The number of nitrogens with zero attached hydrogens (tertiary/aromatic N) is 2. The van der Waals surface area contributed by atoms with Gasteiger partial charge < -0.3 is 14.5 Å². The summed E-state index contributed by atoms with van der Waals surface area (Å²) in [6.45, 7) is 5.97. The van der Waals surface area contributed by atoms with Gasteiger partial charge >= 0.3 is 6.09 Å². The molecule has 1 aliphatic rings. The molecule has 0 aromatic heterocycles. The average molecular weight is 322 g/mol. The molecule has 1 heterocycles. The van der Waals surface area contributed by atoms with Crippen LogP contribution in [0.3, 0.4) is 0 Å². The molecule has 0 radical (unpaired) electrons. The van der Waals surface area contributed by atoms with Crippen molar-refractivity contribution in [2.45, 2.75) is 26.7 Å². The molecule has 23 heavy (non-hydrogen) atoms. The van der Waals surface area contributed by atoms with Crippen molar-refractivity contribution in [3.05, 3.63) is 29.6 Å². The number of carbonyl (C=O) groups excluding carboxylic acids is 2. The van der Waals surface area contributed by atoms with Gasteiger partial charge in [0.1, 0.15) is 5.82 Å². The summed E-state index contributed by atoms with van der Waals surface area (Å²) in [5.74, 6) is -0.563. The number of piperazine rings is 1. The first-order chi connectivity index (χ1) is 11.0. The molecular formula is C17H23FN2O3. The van der Waals surface area contributed by atoms with Crippen LogP contribution in [0.25, 0.3) is 0 Å². The van der Waals surface area contributed by atoms with E-state index in [1.54, 1.807) is 17.0 Å². The lowest BCUT2D eigenvalue weighted by Crippen LogP contribution is -2.49. The van der Waals surface area contributed by atoms with E-state index < -0.39 is 5.82 Å². The molecule has 0 aliphatic carbocycles. The first kappa shape index (κ1) is 17.2. The number of hydrogen-bond acceptors (Lipinski definition) is 4. The average Bonchev–Trinajstić information content (AvgIpc) is 2.55. The Morgan fingerprint density at radius 2 is 1.91 bits per heavy atom. The number of anilines is 1. The molecular weight excluding hydrogens is 299 g/mol. The van der Waals surface area contributed by atoms with Crippen molar-refractivity contribution >= 4 is 17.6 Å². The Morgan fingerprint density at radius 1 is 1.22 bits per heavy atom. The highest BCUT2D eigenvalue weighted by atomic mass is 19.1. The molecule has 2 rings (SSSR count). The van der Waals surface area contributed by atoms with Gasteiger partial charge in [-0.15, -0.1) is 0 Å². The molecule has 0 saturated carbocycles. The zero-order valence-corrected chi connectivity index (χ0v) is 13.7. The van der Waals surface area contributed by atoms with Crippen molar-refractivity contribution in [2.75, 3.05) is 37.7 Å². The highest BCUT2D eigenvalue weighted by Crippen LogP contribution is 2.22. The molecule has 126 valence electrons. The van der Waals surface area contributed by atoms with E-state index in [1.165, 1.54) is 13.0 Å². The summed E-state index contributed by atoms with van der Waals surface area (Å²) in [4.78, 5) is 26.7. The number of benzene rings is 1. The fourth-order valence-corrected chi connectivity index (χ4v) is 2.51. The number of halogens is 1. The van der Waals surface area contributed by atoms with Crippen LogP contribution in [0, 0.1) is 5.82 Å². The third-order valence-corrected chi connectivity index (χ3v) is 3.96. The zero-order valence-electron chi connectivity index (χ0n) is 13.7. The maximum atomic E-state index is 14.2. The molecule has 5 nitrogen and oxygen atoms in total. The van der Waals surface area contributed by atoms with Crippen molar-refractivity contribution in [1.29, 1.82) is 0 Å². The van der Waals surface area contributed by atoms with Crippen LogP contribution in [0.4, 0.5) is 14.9 Å². The number of ketones is 1. The molecule has 1 aliphatic heterocycles. The monoisotopic (exact) mass is 322 g/mol. The van der Waals surface area contributed by atoms with Crippen LogP contribution in [0.2, 0.25) is 0 Å². The van der Waals surface area contributed by atoms with Gasteiger partial charge in [0.05, 0.1) is 12.3 Å². The number of hydrogen-bond donors (Lipinski definition) is 0. The summed E-state index contributed by atoms with van der Waals surface area (Å²) in [5.41, 5.74) is 0.832. The minimum atomic E-state index is -0.406. The van der Waals surface area contributed by atoms with Crippen molar-refractivity contribution in [3.8, 4) is 0 Å². The van der Waals surface area contributed by atoms with E-state index in [9.17, 15) is 14.0 Å². The summed E-state index contributed by atoms with van der Waals surface area (Å²) in [6.07, 6.45) is 1.54. The SMILES string of the molecule is CCCCOC(=O)N1CCN(c2ccc(C(C)=O)cc2F)CC1. The first-order valence-electron chi connectivity index (χ1n) is 8.00. The predicted molar refractivity (Wildman–Crippen MR) is 86.4 cm³/mol. The van der Waals surface area contributed by atoms with Crippen LogP contribution in [-0.2, 0) is 4.74 Å². The molecule has 0 unspecified atom stereocenters. The van der Waals surface area contributed by atoms with Gasteiger partial charge in [0.15, 0.2) is 5.78 Å². The Kier molecular flexibility index (Phi) is 5.96. The van der Waals surface area contributed by atoms with Crippen LogP contribution in [0.15, 0.2) is 18.2 Å². The summed E-state index contributed by atoms with van der Waals surface area (Å²) in [6, 6.07) is 4.52. The normalized spacial score (nSPS) is 14.7. The van der Waals surface area contributed by atoms with Crippen LogP contribution < -0.4 is 4.90 Å². The standard InChI is InChI=1S/C17H23FN2O3/c1-3-4-11-23-17(22)20-9-7-19(8-10-20)16-6-5-14(13(2)21)12-15(16)18/h5-6,12H,3-4,7-11H2,1-2H3. The molecule has 0 atom stereocenters. The van der Waals surface area contributed by atoms with E-state index in [2.05, 4.69) is 0 Å². The fraction of sp³-hybridized carbons (Fsp3) is 0.529. The quantitative estimate of drug-likeness (QED) is 0.617. The van der Waals surface area contributed by atoms with Crippen LogP contribution in [-0.4, -0.2) is 49.6 Å². The van der Waals surface area contributed by atoms with Gasteiger partial charge in [-0.05, 0) is 31.5 Å². The van der Waals surface area contributed by atoms with Crippen LogP contribution in [0.1, 0.15) is 37.0 Å².